The van der Waals surface area contributed by atoms with Crippen LogP contribution >= 0.6 is 0 Å². The Balaban J connectivity index is 1.88. The lowest BCUT2D eigenvalue weighted by atomic mass is 9.69. The summed E-state index contributed by atoms with van der Waals surface area (Å²) in [5.74, 6) is -0.802. The van der Waals surface area contributed by atoms with E-state index < -0.39 is 47.0 Å². The second-order valence-corrected chi connectivity index (χ2v) is 7.48. The van der Waals surface area contributed by atoms with Gasteiger partial charge in [0.05, 0.1) is 16.5 Å². The van der Waals surface area contributed by atoms with Crippen molar-refractivity contribution in [1.82, 2.24) is 0 Å². The second kappa shape index (κ2) is 8.36. The second-order valence-electron chi connectivity index (χ2n) is 7.48. The van der Waals surface area contributed by atoms with E-state index in [9.17, 15) is 35.9 Å². The quantitative estimate of drug-likeness (QED) is 0.439. The van der Waals surface area contributed by atoms with E-state index >= 15 is 0 Å². The predicted octanol–water partition coefficient (Wildman–Crippen LogP) is 5.85. The van der Waals surface area contributed by atoms with Crippen LogP contribution in [0.5, 0.6) is 0 Å². The molecule has 0 amide bonds. The fraction of sp³-hybridized carbons (Fsp3) is 0.364. The van der Waals surface area contributed by atoms with Crippen molar-refractivity contribution in [2.45, 2.75) is 50.1 Å². The number of benzene rings is 2. The van der Waals surface area contributed by atoms with Gasteiger partial charge in [-0.1, -0.05) is 30.3 Å². The average molecular weight is 444 g/mol. The highest BCUT2D eigenvalue weighted by Gasteiger charge is 2.44. The highest BCUT2D eigenvalue weighted by Crippen LogP contribution is 2.40. The molecule has 31 heavy (non-hydrogen) atoms. The van der Waals surface area contributed by atoms with Crippen LogP contribution in [0.1, 0.15) is 47.9 Å². The Morgan fingerprint density at radius 3 is 1.87 bits per heavy atom. The number of halogens is 6. The molecule has 0 saturated heterocycles. The van der Waals surface area contributed by atoms with Crippen LogP contribution in [0.3, 0.4) is 0 Å². The molecule has 1 aliphatic carbocycles. The van der Waals surface area contributed by atoms with Crippen molar-refractivity contribution in [3.05, 3.63) is 70.8 Å². The van der Waals surface area contributed by atoms with Gasteiger partial charge < -0.3 is 4.74 Å². The molecule has 1 saturated carbocycles. The molecule has 0 spiro atoms. The Morgan fingerprint density at radius 2 is 1.39 bits per heavy atom. The summed E-state index contributed by atoms with van der Waals surface area (Å²) in [4.78, 5) is 24.7. The average Bonchev–Trinajstić information content (AvgIpc) is 2.72. The predicted molar refractivity (Wildman–Crippen MR) is 97.8 cm³/mol. The summed E-state index contributed by atoms with van der Waals surface area (Å²) >= 11 is 0. The molecule has 2 aromatic rings. The summed E-state index contributed by atoms with van der Waals surface area (Å²) in [5.41, 5.74) is -3.97. The van der Waals surface area contributed by atoms with E-state index in [1.165, 1.54) is 0 Å². The third kappa shape index (κ3) is 5.08. The molecule has 0 aromatic heterocycles. The zero-order chi connectivity index (χ0) is 22.9. The van der Waals surface area contributed by atoms with E-state index in [-0.39, 0.29) is 37.5 Å². The van der Waals surface area contributed by atoms with Gasteiger partial charge in [-0.05, 0) is 42.2 Å². The molecule has 0 unspecified atom stereocenters. The monoisotopic (exact) mass is 444 g/mol. The van der Waals surface area contributed by atoms with Crippen LogP contribution in [0.25, 0.3) is 0 Å². The lowest BCUT2D eigenvalue weighted by molar-refractivity contribution is -0.154. The third-order valence-electron chi connectivity index (χ3n) is 5.40. The standard InChI is InChI=1S/C22H18F6O3/c23-21(24,25)16-10-14(11-17(12-16)22(26,27)28)13-31-19(30)20(8-6-18(29)7-9-20)15-4-2-1-3-5-15/h1-5,10-12H,6-9,13H2. The Morgan fingerprint density at radius 1 is 0.871 bits per heavy atom. The minimum absolute atomic E-state index is 0.0174. The van der Waals surface area contributed by atoms with Gasteiger partial charge in [0.1, 0.15) is 12.4 Å². The number of rotatable bonds is 4. The van der Waals surface area contributed by atoms with E-state index in [1.54, 1.807) is 30.3 Å². The molecule has 0 N–H and O–H groups in total. The van der Waals surface area contributed by atoms with Crippen LogP contribution in [0, 0.1) is 0 Å². The molecule has 2 aromatic carbocycles. The molecule has 1 aliphatic rings. The van der Waals surface area contributed by atoms with Crippen molar-refractivity contribution in [1.29, 1.82) is 0 Å². The lowest BCUT2D eigenvalue weighted by Gasteiger charge is -2.34. The van der Waals surface area contributed by atoms with Crippen LogP contribution in [0.2, 0.25) is 0 Å². The first-order valence-corrected chi connectivity index (χ1v) is 9.45. The number of ketones is 1. The molecule has 1 fully saturated rings. The number of ether oxygens (including phenoxy) is 1. The minimum Gasteiger partial charge on any atom is -0.460 e. The van der Waals surface area contributed by atoms with Crippen molar-refractivity contribution < 1.29 is 40.7 Å². The zero-order valence-corrected chi connectivity index (χ0v) is 16.1. The summed E-state index contributed by atoms with van der Waals surface area (Å²) in [6, 6.07) is 9.57. The number of Topliss-reactive ketones (excluding diaryl/α,β-unsaturated/α-hetero) is 1. The van der Waals surface area contributed by atoms with Gasteiger partial charge in [0.25, 0.3) is 0 Å². The summed E-state index contributed by atoms with van der Waals surface area (Å²) in [6.07, 6.45) is -9.41. The van der Waals surface area contributed by atoms with E-state index in [0.717, 1.165) is 0 Å². The maximum absolute atomic E-state index is 13.0. The van der Waals surface area contributed by atoms with Crippen LogP contribution in [-0.2, 0) is 38.7 Å². The summed E-state index contributed by atoms with van der Waals surface area (Å²) in [5, 5.41) is 0. The van der Waals surface area contributed by atoms with Crippen molar-refractivity contribution in [2.75, 3.05) is 0 Å². The molecule has 0 heterocycles. The van der Waals surface area contributed by atoms with Crippen LogP contribution in [0.15, 0.2) is 48.5 Å². The molecule has 3 rings (SSSR count). The Labute approximate surface area is 174 Å². The van der Waals surface area contributed by atoms with Gasteiger partial charge in [0, 0.05) is 12.8 Å². The lowest BCUT2D eigenvalue weighted by Crippen LogP contribution is -2.41. The first-order chi connectivity index (χ1) is 14.4. The fourth-order valence-electron chi connectivity index (χ4n) is 3.71. The van der Waals surface area contributed by atoms with E-state index in [1.807, 2.05) is 0 Å². The number of hydrogen-bond donors (Lipinski definition) is 0. The molecule has 0 atom stereocenters. The van der Waals surface area contributed by atoms with Gasteiger partial charge in [0.2, 0.25) is 0 Å². The van der Waals surface area contributed by atoms with Gasteiger partial charge in [-0.3, -0.25) is 9.59 Å². The molecule has 3 nitrogen and oxygen atoms in total. The number of alkyl halides is 6. The van der Waals surface area contributed by atoms with Gasteiger partial charge in [-0.2, -0.15) is 26.3 Å². The molecule has 0 aliphatic heterocycles. The van der Waals surface area contributed by atoms with Crippen LogP contribution < -0.4 is 0 Å². The topological polar surface area (TPSA) is 43.4 Å². The Hall–Kier alpha value is -2.84. The molecule has 0 radical (unpaired) electrons. The van der Waals surface area contributed by atoms with Crippen LogP contribution in [0.4, 0.5) is 26.3 Å². The van der Waals surface area contributed by atoms with Gasteiger partial charge >= 0.3 is 18.3 Å². The molecular formula is C22H18F6O3. The summed E-state index contributed by atoms with van der Waals surface area (Å²) in [7, 11) is 0. The highest BCUT2D eigenvalue weighted by atomic mass is 19.4. The SMILES string of the molecule is O=C1CCC(C(=O)OCc2cc(C(F)(F)F)cc(C(F)(F)F)c2)(c2ccccc2)CC1. The van der Waals surface area contributed by atoms with Crippen molar-refractivity contribution in [3.63, 3.8) is 0 Å². The van der Waals surface area contributed by atoms with E-state index in [0.29, 0.717) is 17.7 Å². The zero-order valence-electron chi connectivity index (χ0n) is 16.1. The number of carbonyl (C=O) groups excluding carboxylic acids is 2. The molecule has 9 heteroatoms. The van der Waals surface area contributed by atoms with Crippen LogP contribution in [-0.4, -0.2) is 11.8 Å². The third-order valence-corrected chi connectivity index (χ3v) is 5.40. The Kier molecular flexibility index (Phi) is 6.16. The largest absolute Gasteiger partial charge is 0.460 e. The number of esters is 1. The smallest absolute Gasteiger partial charge is 0.416 e. The van der Waals surface area contributed by atoms with Gasteiger partial charge in [-0.25, -0.2) is 0 Å². The van der Waals surface area contributed by atoms with Crippen molar-refractivity contribution in [2.24, 2.45) is 0 Å². The molecular weight excluding hydrogens is 426 g/mol. The summed E-state index contributed by atoms with van der Waals surface area (Å²) < 4.78 is 83.4. The first-order valence-electron chi connectivity index (χ1n) is 9.45. The highest BCUT2D eigenvalue weighted by molar-refractivity contribution is 5.88. The van der Waals surface area contributed by atoms with Crippen molar-refractivity contribution >= 4 is 11.8 Å². The number of carbonyl (C=O) groups is 2. The maximum Gasteiger partial charge on any atom is 0.416 e. The Bertz CT molecular complexity index is 921. The normalized spacial score (nSPS) is 16.8. The van der Waals surface area contributed by atoms with Crippen molar-refractivity contribution in [3.8, 4) is 0 Å². The van der Waals surface area contributed by atoms with E-state index in [2.05, 4.69) is 0 Å². The van der Waals surface area contributed by atoms with E-state index in [4.69, 9.17) is 4.74 Å². The molecule has 0 bridgehead atoms. The first kappa shape index (κ1) is 22.8. The minimum atomic E-state index is -4.99. The van der Waals surface area contributed by atoms with Gasteiger partial charge in [0.15, 0.2) is 0 Å². The number of hydrogen-bond acceptors (Lipinski definition) is 3. The molecule has 166 valence electrons. The summed E-state index contributed by atoms with van der Waals surface area (Å²) in [6.45, 7) is -0.756. The van der Waals surface area contributed by atoms with Gasteiger partial charge in [-0.15, -0.1) is 0 Å². The maximum atomic E-state index is 13.0. The fourth-order valence-corrected chi connectivity index (χ4v) is 3.71.